The summed E-state index contributed by atoms with van der Waals surface area (Å²) in [5.41, 5.74) is 2.96. The molecule has 3 aromatic rings. The number of ether oxygens (including phenoxy) is 2. The second-order valence-corrected chi connectivity index (χ2v) is 6.54. The Bertz CT molecular complexity index is 933. The summed E-state index contributed by atoms with van der Waals surface area (Å²) in [7, 11) is 2.95. The van der Waals surface area contributed by atoms with Gasteiger partial charge in [-0.2, -0.15) is 0 Å². The van der Waals surface area contributed by atoms with Crippen molar-refractivity contribution in [2.75, 3.05) is 19.5 Å². The lowest BCUT2D eigenvalue weighted by molar-refractivity contribution is -0.115. The molecule has 0 spiro atoms. The van der Waals surface area contributed by atoms with E-state index in [2.05, 4.69) is 15.0 Å². The molecule has 3 rings (SSSR count). The van der Waals surface area contributed by atoms with Gasteiger partial charge in [0.05, 0.1) is 31.9 Å². The number of carbonyl (C=O) groups excluding carboxylic acids is 2. The molecule has 6 nitrogen and oxygen atoms in total. The quantitative estimate of drug-likeness (QED) is 0.657. The van der Waals surface area contributed by atoms with Crippen LogP contribution in [0.3, 0.4) is 0 Å². The summed E-state index contributed by atoms with van der Waals surface area (Å²) in [5, 5.41) is 5.20. The first-order valence-corrected chi connectivity index (χ1v) is 9.04. The van der Waals surface area contributed by atoms with Crippen LogP contribution in [0.5, 0.6) is 5.75 Å². The Morgan fingerprint density at radius 2 is 1.74 bits per heavy atom. The number of hydrogen-bond donors (Lipinski definition) is 1. The van der Waals surface area contributed by atoms with Gasteiger partial charge in [0.2, 0.25) is 5.91 Å². The fourth-order valence-corrected chi connectivity index (χ4v) is 3.19. The molecule has 0 saturated heterocycles. The Labute approximate surface area is 160 Å². The van der Waals surface area contributed by atoms with E-state index in [-0.39, 0.29) is 18.3 Å². The zero-order chi connectivity index (χ0) is 19.2. The summed E-state index contributed by atoms with van der Waals surface area (Å²) in [6.07, 6.45) is 0.257. The lowest BCUT2D eigenvalue weighted by Crippen LogP contribution is -2.14. The minimum atomic E-state index is -0.383. The molecule has 2 aromatic carbocycles. The highest BCUT2D eigenvalue weighted by molar-refractivity contribution is 7.14. The average molecular weight is 382 g/mol. The normalized spacial score (nSPS) is 10.3. The van der Waals surface area contributed by atoms with E-state index in [0.29, 0.717) is 10.7 Å². The molecule has 27 heavy (non-hydrogen) atoms. The van der Waals surface area contributed by atoms with Crippen LogP contribution in [0.2, 0.25) is 0 Å². The summed E-state index contributed by atoms with van der Waals surface area (Å²) in [4.78, 5) is 28.1. The number of rotatable bonds is 6. The van der Waals surface area contributed by atoms with Crippen molar-refractivity contribution in [3.05, 3.63) is 65.0 Å². The highest BCUT2D eigenvalue weighted by Gasteiger charge is 2.10. The van der Waals surface area contributed by atoms with Gasteiger partial charge >= 0.3 is 5.97 Å². The fourth-order valence-electron chi connectivity index (χ4n) is 2.45. The number of anilines is 1. The SMILES string of the molecule is COC(=O)c1ccc(-c2csc(NC(=O)Cc3ccc(OC)cc3)n2)cc1. The molecule has 0 fully saturated rings. The lowest BCUT2D eigenvalue weighted by atomic mass is 10.1. The van der Waals surface area contributed by atoms with Gasteiger partial charge in [-0.05, 0) is 29.8 Å². The minimum Gasteiger partial charge on any atom is -0.497 e. The van der Waals surface area contributed by atoms with Crippen LogP contribution in [-0.2, 0) is 16.0 Å². The molecule has 0 atom stereocenters. The van der Waals surface area contributed by atoms with E-state index < -0.39 is 0 Å². The highest BCUT2D eigenvalue weighted by atomic mass is 32.1. The van der Waals surface area contributed by atoms with Gasteiger partial charge in [0, 0.05) is 10.9 Å². The van der Waals surface area contributed by atoms with Crippen molar-refractivity contribution < 1.29 is 19.1 Å². The van der Waals surface area contributed by atoms with Crippen molar-refractivity contribution in [2.45, 2.75) is 6.42 Å². The minimum absolute atomic E-state index is 0.137. The van der Waals surface area contributed by atoms with Crippen molar-refractivity contribution in [1.29, 1.82) is 0 Å². The molecule has 0 radical (unpaired) electrons. The van der Waals surface area contributed by atoms with E-state index in [4.69, 9.17) is 4.74 Å². The Morgan fingerprint density at radius 3 is 2.37 bits per heavy atom. The van der Waals surface area contributed by atoms with Crippen molar-refractivity contribution in [3.8, 4) is 17.0 Å². The Kier molecular flexibility index (Phi) is 5.83. The first-order chi connectivity index (χ1) is 13.1. The number of esters is 1. The molecule has 1 heterocycles. The standard InChI is InChI=1S/C20H18N2O4S/c1-25-16-9-3-13(4-10-16)11-18(23)22-20-21-17(12-27-20)14-5-7-15(8-6-14)19(24)26-2/h3-10,12H,11H2,1-2H3,(H,21,22,23). The van der Waals surface area contributed by atoms with Gasteiger partial charge in [-0.3, -0.25) is 4.79 Å². The summed E-state index contributed by atoms with van der Waals surface area (Å²) >= 11 is 1.35. The second kappa shape index (κ2) is 8.46. The number of carbonyl (C=O) groups is 2. The Morgan fingerprint density at radius 1 is 1.04 bits per heavy atom. The Balaban J connectivity index is 1.63. The number of benzene rings is 2. The van der Waals surface area contributed by atoms with Crippen molar-refractivity contribution in [1.82, 2.24) is 4.98 Å². The first kappa shape index (κ1) is 18.6. The average Bonchev–Trinajstić information content (AvgIpc) is 3.16. The predicted octanol–water partition coefficient (Wildman–Crippen LogP) is 3.79. The number of methoxy groups -OCH3 is 2. The summed E-state index contributed by atoms with van der Waals surface area (Å²) < 4.78 is 9.79. The maximum absolute atomic E-state index is 12.2. The summed E-state index contributed by atoms with van der Waals surface area (Å²) in [6.45, 7) is 0. The smallest absolute Gasteiger partial charge is 0.337 e. The van der Waals surface area contributed by atoms with E-state index >= 15 is 0 Å². The molecule has 0 aliphatic carbocycles. The largest absolute Gasteiger partial charge is 0.497 e. The second-order valence-electron chi connectivity index (χ2n) is 5.68. The van der Waals surface area contributed by atoms with Crippen LogP contribution in [0, 0.1) is 0 Å². The van der Waals surface area contributed by atoms with Crippen LogP contribution >= 0.6 is 11.3 Å². The van der Waals surface area contributed by atoms with Crippen LogP contribution in [0.1, 0.15) is 15.9 Å². The van der Waals surface area contributed by atoms with Crippen LogP contribution in [0.15, 0.2) is 53.9 Å². The zero-order valence-corrected chi connectivity index (χ0v) is 15.7. The number of aromatic nitrogens is 1. The van der Waals surface area contributed by atoms with Crippen molar-refractivity contribution >= 4 is 28.3 Å². The van der Waals surface area contributed by atoms with Gasteiger partial charge in [0.25, 0.3) is 0 Å². The predicted molar refractivity (Wildman–Crippen MR) is 104 cm³/mol. The number of hydrogen-bond acceptors (Lipinski definition) is 6. The van der Waals surface area contributed by atoms with E-state index in [1.807, 2.05) is 29.6 Å². The maximum atomic E-state index is 12.2. The van der Waals surface area contributed by atoms with E-state index in [1.165, 1.54) is 18.4 Å². The molecule has 0 aliphatic heterocycles. The number of nitrogens with zero attached hydrogens (tertiary/aromatic N) is 1. The van der Waals surface area contributed by atoms with Crippen molar-refractivity contribution in [3.63, 3.8) is 0 Å². The van der Waals surface area contributed by atoms with Gasteiger partial charge in [-0.25, -0.2) is 9.78 Å². The molecular formula is C20H18N2O4S. The molecule has 1 aromatic heterocycles. The summed E-state index contributed by atoms with van der Waals surface area (Å²) in [5.74, 6) is 0.232. The van der Waals surface area contributed by atoms with Crippen LogP contribution in [-0.4, -0.2) is 31.1 Å². The topological polar surface area (TPSA) is 77.5 Å². The molecule has 7 heteroatoms. The van der Waals surface area contributed by atoms with Gasteiger partial charge in [-0.1, -0.05) is 24.3 Å². The van der Waals surface area contributed by atoms with Gasteiger partial charge in [-0.15, -0.1) is 11.3 Å². The molecule has 0 aliphatic rings. The zero-order valence-electron chi connectivity index (χ0n) is 14.9. The highest BCUT2D eigenvalue weighted by Crippen LogP contribution is 2.25. The van der Waals surface area contributed by atoms with Crippen LogP contribution in [0.4, 0.5) is 5.13 Å². The molecule has 1 amide bonds. The molecule has 1 N–H and O–H groups in total. The van der Waals surface area contributed by atoms with Crippen LogP contribution < -0.4 is 10.1 Å². The van der Waals surface area contributed by atoms with Crippen molar-refractivity contribution in [2.24, 2.45) is 0 Å². The Hall–Kier alpha value is -3.19. The molecule has 0 saturated carbocycles. The fraction of sp³-hybridized carbons (Fsp3) is 0.150. The monoisotopic (exact) mass is 382 g/mol. The van der Waals surface area contributed by atoms with Gasteiger partial charge < -0.3 is 14.8 Å². The third-order valence-corrected chi connectivity index (χ3v) is 4.63. The van der Waals surface area contributed by atoms with Gasteiger partial charge in [0.15, 0.2) is 5.13 Å². The molecule has 138 valence electrons. The molecule has 0 unspecified atom stereocenters. The van der Waals surface area contributed by atoms with E-state index in [1.54, 1.807) is 31.4 Å². The molecule has 0 bridgehead atoms. The third-order valence-electron chi connectivity index (χ3n) is 3.88. The maximum Gasteiger partial charge on any atom is 0.337 e. The van der Waals surface area contributed by atoms with E-state index in [0.717, 1.165) is 22.6 Å². The van der Waals surface area contributed by atoms with E-state index in [9.17, 15) is 9.59 Å². The van der Waals surface area contributed by atoms with Crippen LogP contribution in [0.25, 0.3) is 11.3 Å². The first-order valence-electron chi connectivity index (χ1n) is 8.16. The lowest BCUT2D eigenvalue weighted by Gasteiger charge is -2.04. The number of amides is 1. The summed E-state index contributed by atoms with van der Waals surface area (Å²) in [6, 6.07) is 14.3. The van der Waals surface area contributed by atoms with Gasteiger partial charge in [0.1, 0.15) is 5.75 Å². The third kappa shape index (κ3) is 4.71. The number of thiazole rings is 1. The molecular weight excluding hydrogens is 364 g/mol. The number of nitrogens with one attached hydrogen (secondary N) is 1.